The molecule has 0 atom stereocenters. The molecule has 0 radical (unpaired) electrons. The Morgan fingerprint density at radius 3 is 2.71 bits per heavy atom. The predicted octanol–water partition coefficient (Wildman–Crippen LogP) is 1.54. The first kappa shape index (κ1) is 13.2. The monoisotopic (exact) mass is 282 g/mol. The zero-order valence-corrected chi connectivity index (χ0v) is 11.5. The van der Waals surface area contributed by atoms with E-state index in [1.54, 1.807) is 0 Å². The van der Waals surface area contributed by atoms with Crippen LogP contribution in [0, 0.1) is 0 Å². The van der Waals surface area contributed by atoms with Gasteiger partial charge in [0, 0.05) is 12.8 Å². The molecule has 0 aliphatic heterocycles. The third-order valence-corrected chi connectivity index (χ3v) is 3.04. The van der Waals surface area contributed by atoms with Crippen LogP contribution in [0.15, 0.2) is 43.0 Å². The number of aryl methyl sites for hydroxylation is 1. The van der Waals surface area contributed by atoms with Gasteiger partial charge in [-0.2, -0.15) is 14.5 Å². The summed E-state index contributed by atoms with van der Waals surface area (Å²) in [7, 11) is 0. The van der Waals surface area contributed by atoms with Crippen LogP contribution in [0.25, 0.3) is 0 Å². The third-order valence-electron chi connectivity index (χ3n) is 3.04. The Bertz CT molecular complexity index is 732. The molecule has 2 aromatic heterocycles. The van der Waals surface area contributed by atoms with E-state index < -0.39 is 0 Å². The van der Waals surface area contributed by atoms with Crippen molar-refractivity contribution in [3.05, 3.63) is 60.2 Å². The van der Waals surface area contributed by atoms with Crippen molar-refractivity contribution in [2.75, 3.05) is 0 Å². The van der Waals surface area contributed by atoms with Gasteiger partial charge < -0.3 is 0 Å². The molecule has 0 bridgehead atoms. The fourth-order valence-corrected chi connectivity index (χ4v) is 1.99. The van der Waals surface area contributed by atoms with E-state index in [9.17, 15) is 4.79 Å². The summed E-state index contributed by atoms with van der Waals surface area (Å²) in [5, 5.41) is 8.09. The number of carbonyl (C=O) groups is 1. The fraction of sp³-hybridized carbons (Fsp3) is 0.214. The number of aromatic nitrogens is 6. The van der Waals surface area contributed by atoms with Gasteiger partial charge in [0.15, 0.2) is 5.82 Å². The Morgan fingerprint density at radius 2 is 2.05 bits per heavy atom. The van der Waals surface area contributed by atoms with Gasteiger partial charge in [0.2, 0.25) is 0 Å². The van der Waals surface area contributed by atoms with Crippen LogP contribution < -0.4 is 0 Å². The summed E-state index contributed by atoms with van der Waals surface area (Å²) < 4.78 is 2.43. The lowest BCUT2D eigenvalue weighted by atomic mass is 10.1. The predicted molar refractivity (Wildman–Crippen MR) is 74.9 cm³/mol. The van der Waals surface area contributed by atoms with Gasteiger partial charge in [-0.3, -0.25) is 0 Å². The van der Waals surface area contributed by atoms with Crippen LogP contribution in [0.4, 0.5) is 4.79 Å². The van der Waals surface area contributed by atoms with Crippen LogP contribution in [0.1, 0.15) is 24.1 Å². The van der Waals surface area contributed by atoms with E-state index in [4.69, 9.17) is 0 Å². The number of carbonyl (C=O) groups excluding carboxylic acids is 1. The standard InChI is InChI=1S/C14H14N6O/c1-2-12-17-13(8-11-6-4-3-5-7-11)20(18-12)14(21)19-10-15-9-16-19/h3-7,9-10H,2,8H2,1H3. The van der Waals surface area contributed by atoms with Crippen LogP contribution in [-0.4, -0.2) is 35.6 Å². The van der Waals surface area contributed by atoms with Crippen LogP contribution in [0.3, 0.4) is 0 Å². The minimum absolute atomic E-state index is 0.384. The first-order valence-corrected chi connectivity index (χ1v) is 6.66. The van der Waals surface area contributed by atoms with E-state index in [1.807, 2.05) is 37.3 Å². The average molecular weight is 282 g/mol. The molecule has 21 heavy (non-hydrogen) atoms. The maximum absolute atomic E-state index is 12.4. The van der Waals surface area contributed by atoms with Gasteiger partial charge in [0.05, 0.1) is 0 Å². The van der Waals surface area contributed by atoms with E-state index in [1.165, 1.54) is 17.3 Å². The Hall–Kier alpha value is -2.83. The van der Waals surface area contributed by atoms with Crippen molar-refractivity contribution >= 4 is 6.03 Å². The van der Waals surface area contributed by atoms with Crippen molar-refractivity contribution in [1.29, 1.82) is 0 Å². The van der Waals surface area contributed by atoms with E-state index in [0.29, 0.717) is 24.5 Å². The van der Waals surface area contributed by atoms with Gasteiger partial charge in [0.1, 0.15) is 18.5 Å². The minimum atomic E-state index is -0.384. The van der Waals surface area contributed by atoms with Crippen LogP contribution >= 0.6 is 0 Å². The van der Waals surface area contributed by atoms with Crippen molar-refractivity contribution in [3.63, 3.8) is 0 Å². The van der Waals surface area contributed by atoms with Crippen molar-refractivity contribution in [3.8, 4) is 0 Å². The van der Waals surface area contributed by atoms with E-state index in [0.717, 1.165) is 10.2 Å². The van der Waals surface area contributed by atoms with E-state index in [-0.39, 0.29) is 6.03 Å². The molecule has 0 N–H and O–H groups in total. The third kappa shape index (κ3) is 2.71. The van der Waals surface area contributed by atoms with Gasteiger partial charge in [-0.25, -0.2) is 14.8 Å². The highest BCUT2D eigenvalue weighted by Gasteiger charge is 2.17. The number of benzene rings is 1. The molecule has 0 amide bonds. The lowest BCUT2D eigenvalue weighted by Gasteiger charge is -2.04. The fourth-order valence-electron chi connectivity index (χ4n) is 1.99. The van der Waals surface area contributed by atoms with Crippen LogP contribution in [0.5, 0.6) is 0 Å². The van der Waals surface area contributed by atoms with Crippen molar-refractivity contribution < 1.29 is 4.79 Å². The Balaban J connectivity index is 1.96. The summed E-state index contributed by atoms with van der Waals surface area (Å²) in [6.07, 6.45) is 3.86. The summed E-state index contributed by atoms with van der Waals surface area (Å²) in [6.45, 7) is 1.95. The zero-order valence-electron chi connectivity index (χ0n) is 11.5. The summed E-state index contributed by atoms with van der Waals surface area (Å²) in [5.41, 5.74) is 1.07. The van der Waals surface area contributed by atoms with Gasteiger partial charge >= 0.3 is 6.03 Å². The quantitative estimate of drug-likeness (QED) is 0.728. The molecular formula is C14H14N6O. The Labute approximate surface area is 121 Å². The highest BCUT2D eigenvalue weighted by molar-refractivity contribution is 5.77. The maximum atomic E-state index is 12.4. The summed E-state index contributed by atoms with van der Waals surface area (Å²) in [4.78, 5) is 20.6. The molecule has 3 aromatic rings. The Morgan fingerprint density at radius 1 is 1.24 bits per heavy atom. The lowest BCUT2D eigenvalue weighted by molar-refractivity contribution is 0.237. The van der Waals surface area contributed by atoms with Gasteiger partial charge in [-0.15, -0.1) is 5.10 Å². The number of rotatable bonds is 3. The van der Waals surface area contributed by atoms with E-state index in [2.05, 4.69) is 20.2 Å². The van der Waals surface area contributed by atoms with Gasteiger partial charge in [0.25, 0.3) is 0 Å². The normalized spacial score (nSPS) is 10.7. The molecule has 3 rings (SSSR count). The lowest BCUT2D eigenvalue weighted by Crippen LogP contribution is -2.23. The molecule has 0 saturated heterocycles. The summed E-state index contributed by atoms with van der Waals surface area (Å²) >= 11 is 0. The topological polar surface area (TPSA) is 78.5 Å². The SMILES string of the molecule is CCc1nc(Cc2ccccc2)n(C(=O)n2cncn2)n1. The van der Waals surface area contributed by atoms with E-state index >= 15 is 0 Å². The molecule has 7 heteroatoms. The molecule has 1 aromatic carbocycles. The molecule has 0 aliphatic carbocycles. The van der Waals surface area contributed by atoms with Gasteiger partial charge in [-0.1, -0.05) is 37.3 Å². The molecular weight excluding hydrogens is 268 g/mol. The van der Waals surface area contributed by atoms with Crippen molar-refractivity contribution in [1.82, 2.24) is 29.5 Å². The average Bonchev–Trinajstić information content (AvgIpc) is 3.17. The highest BCUT2D eigenvalue weighted by Crippen LogP contribution is 2.09. The van der Waals surface area contributed by atoms with Crippen molar-refractivity contribution in [2.45, 2.75) is 19.8 Å². The smallest absolute Gasteiger partial charge is 0.243 e. The molecule has 0 fully saturated rings. The first-order chi connectivity index (χ1) is 10.3. The van der Waals surface area contributed by atoms with Crippen LogP contribution in [0.2, 0.25) is 0 Å². The van der Waals surface area contributed by atoms with Gasteiger partial charge in [-0.05, 0) is 5.56 Å². The molecule has 7 nitrogen and oxygen atoms in total. The second-order valence-electron chi connectivity index (χ2n) is 4.49. The molecule has 0 saturated carbocycles. The summed E-state index contributed by atoms with van der Waals surface area (Å²) in [5.74, 6) is 1.23. The van der Waals surface area contributed by atoms with Crippen LogP contribution in [-0.2, 0) is 12.8 Å². The molecule has 106 valence electrons. The maximum Gasteiger partial charge on any atom is 0.372 e. The molecule has 0 aliphatic rings. The Kier molecular flexibility index (Phi) is 3.55. The second kappa shape index (κ2) is 5.66. The summed E-state index contributed by atoms with van der Waals surface area (Å²) in [6, 6.07) is 9.46. The molecule has 2 heterocycles. The molecule has 0 spiro atoms. The highest BCUT2D eigenvalue weighted by atomic mass is 16.2. The number of hydrogen-bond donors (Lipinski definition) is 0. The van der Waals surface area contributed by atoms with Crippen molar-refractivity contribution in [2.24, 2.45) is 0 Å². The number of hydrogen-bond acceptors (Lipinski definition) is 5. The minimum Gasteiger partial charge on any atom is -0.243 e. The largest absolute Gasteiger partial charge is 0.372 e. The number of nitrogens with zero attached hydrogens (tertiary/aromatic N) is 6. The zero-order chi connectivity index (χ0) is 14.7. The second-order valence-corrected chi connectivity index (χ2v) is 4.49. The first-order valence-electron chi connectivity index (χ1n) is 6.66. The molecule has 0 unspecified atom stereocenters.